The Labute approximate surface area is 117 Å². The van der Waals surface area contributed by atoms with Crippen LogP contribution in [0.2, 0.25) is 0 Å². The number of aromatic amines is 1. The van der Waals surface area contributed by atoms with Crippen LogP contribution in [0.4, 0.5) is 0 Å². The van der Waals surface area contributed by atoms with Crippen LogP contribution in [-0.2, 0) is 11.8 Å². The second kappa shape index (κ2) is 6.19. The summed E-state index contributed by atoms with van der Waals surface area (Å²) in [5.41, 5.74) is -0.386. The highest BCUT2D eigenvalue weighted by Crippen LogP contribution is 2.06. The number of nitrogens with one attached hydrogen (secondary N) is 1. The number of amides is 1. The van der Waals surface area contributed by atoms with Gasteiger partial charge in [0.25, 0.3) is 5.91 Å². The van der Waals surface area contributed by atoms with Crippen LogP contribution in [0.15, 0.2) is 4.79 Å². The third kappa shape index (κ3) is 3.26. The van der Waals surface area contributed by atoms with Gasteiger partial charge in [0.2, 0.25) is 5.82 Å². The molecule has 1 aliphatic rings. The Morgan fingerprint density at radius 1 is 1.50 bits per heavy atom. The number of hydrogen-bond acceptors (Lipinski definition) is 5. The fraction of sp³-hybridized carbons (Fsp3) is 0.750. The van der Waals surface area contributed by atoms with Crippen LogP contribution >= 0.6 is 0 Å². The predicted molar refractivity (Wildman–Crippen MR) is 72.6 cm³/mol. The van der Waals surface area contributed by atoms with Gasteiger partial charge in [-0.1, -0.05) is 0 Å². The molecule has 1 N–H and O–H groups in total. The molecule has 0 bridgehead atoms. The molecule has 1 aromatic rings. The lowest BCUT2D eigenvalue weighted by atomic mass is 10.2. The summed E-state index contributed by atoms with van der Waals surface area (Å²) >= 11 is 0. The van der Waals surface area contributed by atoms with Crippen molar-refractivity contribution in [3.05, 3.63) is 16.3 Å². The summed E-state index contributed by atoms with van der Waals surface area (Å²) in [6.45, 7) is 5.88. The number of carbonyl (C=O) groups excluding carboxylic acids is 1. The molecule has 8 heteroatoms. The Morgan fingerprint density at radius 3 is 2.70 bits per heavy atom. The van der Waals surface area contributed by atoms with E-state index < -0.39 is 0 Å². The average Bonchev–Trinajstić information content (AvgIpc) is 2.78. The number of hydrogen-bond donors (Lipinski definition) is 1. The molecule has 1 aromatic heterocycles. The van der Waals surface area contributed by atoms with Crippen molar-refractivity contribution in [1.29, 1.82) is 0 Å². The molecule has 1 amide bonds. The number of likely N-dealkylation sites (N-methyl/N-ethyl adjacent to an activating group) is 1. The van der Waals surface area contributed by atoms with Gasteiger partial charge in [0.15, 0.2) is 0 Å². The molecular weight excluding hydrogens is 262 g/mol. The van der Waals surface area contributed by atoms with Crippen molar-refractivity contribution in [2.45, 2.75) is 13.0 Å². The van der Waals surface area contributed by atoms with Crippen molar-refractivity contribution in [3.63, 3.8) is 0 Å². The quantitative estimate of drug-likeness (QED) is 0.758. The number of rotatable bonds is 4. The first-order chi connectivity index (χ1) is 9.49. The monoisotopic (exact) mass is 283 g/mol. The normalized spacial score (nSPS) is 17.9. The van der Waals surface area contributed by atoms with Crippen LogP contribution in [0.1, 0.15) is 17.5 Å². The summed E-state index contributed by atoms with van der Waals surface area (Å²) in [7, 11) is 3.22. The summed E-state index contributed by atoms with van der Waals surface area (Å²) in [5, 5.41) is 3.87. The maximum Gasteiger partial charge on any atom is 0.343 e. The second-order valence-corrected chi connectivity index (χ2v) is 5.09. The van der Waals surface area contributed by atoms with E-state index in [1.807, 2.05) is 0 Å². The van der Waals surface area contributed by atoms with Gasteiger partial charge in [-0.25, -0.2) is 9.48 Å². The lowest BCUT2D eigenvalue weighted by molar-refractivity contribution is 0.0141. The van der Waals surface area contributed by atoms with Crippen LogP contribution < -0.4 is 5.69 Å². The zero-order valence-electron chi connectivity index (χ0n) is 12.1. The van der Waals surface area contributed by atoms with Crippen molar-refractivity contribution in [2.24, 2.45) is 7.05 Å². The van der Waals surface area contributed by atoms with Crippen LogP contribution in [0.3, 0.4) is 0 Å². The minimum atomic E-state index is -0.386. The molecule has 112 valence electrons. The lowest BCUT2D eigenvalue weighted by Crippen LogP contribution is -2.47. The summed E-state index contributed by atoms with van der Waals surface area (Å²) in [6, 6.07) is 0.239. The van der Waals surface area contributed by atoms with Gasteiger partial charge in [-0.2, -0.15) is 0 Å². The molecule has 8 nitrogen and oxygen atoms in total. The molecule has 0 saturated carbocycles. The van der Waals surface area contributed by atoms with Gasteiger partial charge in [-0.05, 0) is 6.92 Å². The SMILES string of the molecule is CC(CN(C)C(=O)c1nn(C)c(=O)[nH]1)N1CCOCC1. The van der Waals surface area contributed by atoms with Gasteiger partial charge in [-0.3, -0.25) is 14.7 Å². The van der Waals surface area contributed by atoms with Gasteiger partial charge >= 0.3 is 5.69 Å². The molecule has 1 unspecified atom stereocenters. The van der Waals surface area contributed by atoms with E-state index in [1.54, 1.807) is 11.9 Å². The average molecular weight is 283 g/mol. The highest BCUT2D eigenvalue weighted by atomic mass is 16.5. The predicted octanol–water partition coefficient (Wildman–Crippen LogP) is -1.10. The number of H-pyrrole nitrogens is 1. The van der Waals surface area contributed by atoms with Gasteiger partial charge in [0.05, 0.1) is 13.2 Å². The van der Waals surface area contributed by atoms with E-state index in [2.05, 4.69) is 21.9 Å². The molecule has 1 aliphatic heterocycles. The molecule has 2 rings (SSSR count). The van der Waals surface area contributed by atoms with Gasteiger partial charge in [0, 0.05) is 39.8 Å². The van der Waals surface area contributed by atoms with Crippen molar-refractivity contribution < 1.29 is 9.53 Å². The standard InChI is InChI=1S/C12H21N5O3/c1-9(17-4-6-20-7-5-17)8-15(2)11(18)10-13-12(19)16(3)14-10/h9H,4-8H2,1-3H3,(H,13,14,19). The van der Waals surface area contributed by atoms with Gasteiger partial charge in [0.1, 0.15) is 0 Å². The highest BCUT2D eigenvalue weighted by Gasteiger charge is 2.22. The largest absolute Gasteiger partial charge is 0.379 e. The van der Waals surface area contributed by atoms with Crippen molar-refractivity contribution in [3.8, 4) is 0 Å². The zero-order valence-corrected chi connectivity index (χ0v) is 12.1. The molecule has 0 radical (unpaired) electrons. The number of aromatic nitrogens is 3. The van der Waals surface area contributed by atoms with E-state index in [-0.39, 0.29) is 23.5 Å². The smallest absolute Gasteiger partial charge is 0.343 e. The van der Waals surface area contributed by atoms with E-state index in [0.717, 1.165) is 31.0 Å². The van der Waals surface area contributed by atoms with Gasteiger partial charge in [-0.15, -0.1) is 5.10 Å². The van der Waals surface area contributed by atoms with Crippen LogP contribution in [0, 0.1) is 0 Å². The first-order valence-electron chi connectivity index (χ1n) is 6.69. The molecular formula is C12H21N5O3. The maximum absolute atomic E-state index is 12.2. The zero-order chi connectivity index (χ0) is 14.7. The van der Waals surface area contributed by atoms with Crippen LogP contribution in [0.25, 0.3) is 0 Å². The number of carbonyl (C=O) groups is 1. The summed E-state index contributed by atoms with van der Waals surface area (Å²) in [6.07, 6.45) is 0. The number of morpholine rings is 1. The topological polar surface area (TPSA) is 83.5 Å². The molecule has 1 atom stereocenters. The molecule has 1 saturated heterocycles. The third-order valence-electron chi connectivity index (χ3n) is 3.53. The van der Waals surface area contributed by atoms with E-state index in [1.165, 1.54) is 7.05 Å². The van der Waals surface area contributed by atoms with E-state index in [0.29, 0.717) is 6.54 Å². The third-order valence-corrected chi connectivity index (χ3v) is 3.53. The van der Waals surface area contributed by atoms with Crippen LogP contribution in [0.5, 0.6) is 0 Å². The highest BCUT2D eigenvalue weighted by molar-refractivity contribution is 5.90. The minimum Gasteiger partial charge on any atom is -0.379 e. The Kier molecular flexibility index (Phi) is 4.56. The molecule has 0 aromatic carbocycles. The maximum atomic E-state index is 12.2. The summed E-state index contributed by atoms with van der Waals surface area (Å²) in [5.74, 6) is -0.197. The minimum absolute atomic E-state index is 0.0779. The Bertz CT molecular complexity index is 517. The fourth-order valence-corrected chi connectivity index (χ4v) is 2.29. The van der Waals surface area contributed by atoms with Crippen LogP contribution in [-0.4, -0.2) is 76.4 Å². The Morgan fingerprint density at radius 2 is 2.15 bits per heavy atom. The van der Waals surface area contributed by atoms with Crippen molar-refractivity contribution in [2.75, 3.05) is 39.9 Å². The van der Waals surface area contributed by atoms with Gasteiger partial charge < -0.3 is 9.64 Å². The molecule has 20 heavy (non-hydrogen) atoms. The second-order valence-electron chi connectivity index (χ2n) is 5.09. The first-order valence-corrected chi connectivity index (χ1v) is 6.69. The Balaban J connectivity index is 1.94. The van der Waals surface area contributed by atoms with Crippen molar-refractivity contribution in [1.82, 2.24) is 24.6 Å². The molecule has 1 fully saturated rings. The van der Waals surface area contributed by atoms with E-state index >= 15 is 0 Å². The Hall–Kier alpha value is -1.67. The molecule has 0 aliphatic carbocycles. The summed E-state index contributed by atoms with van der Waals surface area (Å²) < 4.78 is 6.43. The number of ether oxygens (including phenoxy) is 1. The lowest BCUT2D eigenvalue weighted by Gasteiger charge is -2.34. The molecule has 2 heterocycles. The number of nitrogens with zero attached hydrogens (tertiary/aromatic N) is 4. The fourth-order valence-electron chi connectivity index (χ4n) is 2.29. The van der Waals surface area contributed by atoms with Crippen molar-refractivity contribution >= 4 is 5.91 Å². The summed E-state index contributed by atoms with van der Waals surface area (Å²) in [4.78, 5) is 29.8. The first kappa shape index (κ1) is 14.7. The molecule has 0 spiro atoms. The van der Waals surface area contributed by atoms with E-state index in [9.17, 15) is 9.59 Å². The number of aryl methyl sites for hydroxylation is 1. The van der Waals surface area contributed by atoms with E-state index in [4.69, 9.17) is 4.74 Å².